The number of carbonyl (C=O) groups is 3. The Morgan fingerprint density at radius 1 is 0.526 bits per heavy atom. The quantitative estimate of drug-likeness (QED) is 0.0284. The van der Waals surface area contributed by atoms with Gasteiger partial charge < -0.3 is 23.8 Å². The number of hydrogen-bond donors (Lipinski definition) is 1. The highest BCUT2D eigenvalue weighted by molar-refractivity contribution is 5.72. The number of likely N-dealkylation sites (N-methyl/N-ethyl adjacent to an activating group) is 1. The van der Waals surface area contributed by atoms with Crippen molar-refractivity contribution in [1.29, 1.82) is 0 Å². The molecule has 0 aromatic rings. The minimum atomic E-state index is -0.880. The summed E-state index contributed by atoms with van der Waals surface area (Å²) in [5.41, 5.74) is 0. The number of carboxylic acid groups (broad SMARTS) is 1. The number of unbranched alkanes of at least 4 members (excludes halogenated alkanes) is 21. The fourth-order valence-corrected chi connectivity index (χ4v) is 6.60. The Morgan fingerprint density at radius 3 is 1.35 bits per heavy atom. The molecular weight excluding hydrogens is 715 g/mol. The Bertz CT molecular complexity index is 1070. The Morgan fingerprint density at radius 2 is 0.912 bits per heavy atom. The smallest absolute Gasteiger partial charge is 0.362 e. The van der Waals surface area contributed by atoms with E-state index < -0.39 is 18.1 Å². The normalized spacial score (nSPS) is 13.4. The molecule has 0 bridgehead atoms. The second kappa shape index (κ2) is 40.1. The molecule has 57 heavy (non-hydrogen) atoms. The average molecular weight is 803 g/mol. The number of aliphatic carboxylic acids is 1. The fourth-order valence-electron chi connectivity index (χ4n) is 6.60. The van der Waals surface area contributed by atoms with Crippen molar-refractivity contribution in [3.63, 3.8) is 0 Å². The molecule has 0 heterocycles. The van der Waals surface area contributed by atoms with E-state index >= 15 is 0 Å². The van der Waals surface area contributed by atoms with Gasteiger partial charge in [-0.25, -0.2) is 4.79 Å². The summed E-state index contributed by atoms with van der Waals surface area (Å²) in [4.78, 5) is 37.0. The molecule has 0 saturated heterocycles. The maximum Gasteiger partial charge on any atom is 0.362 e. The van der Waals surface area contributed by atoms with Gasteiger partial charge in [0.1, 0.15) is 6.61 Å². The molecule has 8 nitrogen and oxygen atoms in total. The van der Waals surface area contributed by atoms with Gasteiger partial charge in [0, 0.05) is 19.3 Å². The summed E-state index contributed by atoms with van der Waals surface area (Å²) in [7, 11) is 5.52. The Labute approximate surface area is 350 Å². The van der Waals surface area contributed by atoms with Gasteiger partial charge in [0.15, 0.2) is 12.1 Å². The zero-order valence-electron chi connectivity index (χ0n) is 37.5. The predicted octanol–water partition coefficient (Wildman–Crippen LogP) is 12.8. The standard InChI is InChI=1S/C49H87NO7/c1-6-8-10-12-14-16-18-20-22-23-24-26-27-29-31-33-35-37-39-47(51)56-44-45(43-55-42-41-46(49(53)54)50(3,4)5)57-48(52)40-38-36-34-32-30-28-25-21-19-17-15-13-11-9-7-2/h15,17,19,21-24,26,45-46H,6-14,16,18,20,25,27-44H2,1-5H3/p+1/b17-15+,21-19+,23-22+,26-24+. The van der Waals surface area contributed by atoms with Gasteiger partial charge in [-0.3, -0.25) is 9.59 Å². The fraction of sp³-hybridized carbons (Fsp3) is 0.776. The van der Waals surface area contributed by atoms with Gasteiger partial charge in [-0.1, -0.05) is 159 Å². The van der Waals surface area contributed by atoms with E-state index in [-0.39, 0.29) is 36.2 Å². The maximum absolute atomic E-state index is 12.7. The Kier molecular flexibility index (Phi) is 38.2. The van der Waals surface area contributed by atoms with Crippen LogP contribution in [-0.4, -0.2) is 80.6 Å². The van der Waals surface area contributed by atoms with Crippen LogP contribution in [0.25, 0.3) is 0 Å². The van der Waals surface area contributed by atoms with Gasteiger partial charge in [-0.15, -0.1) is 0 Å². The average Bonchev–Trinajstić information content (AvgIpc) is 3.17. The third-order valence-electron chi connectivity index (χ3n) is 10.3. The van der Waals surface area contributed by atoms with Crippen LogP contribution in [0.3, 0.4) is 0 Å². The van der Waals surface area contributed by atoms with Crippen molar-refractivity contribution in [3.8, 4) is 0 Å². The first-order valence-corrected chi connectivity index (χ1v) is 23.2. The van der Waals surface area contributed by atoms with Crippen molar-refractivity contribution in [3.05, 3.63) is 48.6 Å². The van der Waals surface area contributed by atoms with E-state index in [4.69, 9.17) is 14.2 Å². The zero-order chi connectivity index (χ0) is 42.1. The summed E-state index contributed by atoms with van der Waals surface area (Å²) >= 11 is 0. The van der Waals surface area contributed by atoms with Crippen LogP contribution in [0.1, 0.15) is 194 Å². The lowest BCUT2D eigenvalue weighted by atomic mass is 10.1. The van der Waals surface area contributed by atoms with Gasteiger partial charge in [-0.05, 0) is 64.2 Å². The van der Waals surface area contributed by atoms with Crippen LogP contribution >= 0.6 is 0 Å². The van der Waals surface area contributed by atoms with E-state index in [1.807, 2.05) is 21.1 Å². The molecule has 0 rings (SSSR count). The van der Waals surface area contributed by atoms with E-state index in [1.54, 1.807) is 0 Å². The molecule has 0 amide bonds. The molecule has 0 aromatic carbocycles. The van der Waals surface area contributed by atoms with Crippen molar-refractivity contribution in [2.45, 2.75) is 206 Å². The van der Waals surface area contributed by atoms with Crippen LogP contribution in [-0.2, 0) is 28.6 Å². The molecule has 0 spiro atoms. The molecule has 8 heteroatoms. The minimum absolute atomic E-state index is 0.0506. The van der Waals surface area contributed by atoms with Gasteiger partial charge in [-0.2, -0.15) is 0 Å². The SMILES string of the molecule is CCCCC/C=C/C=C/CCCCCCCCC(=O)OC(COCCC(C(=O)O)[N+](C)(C)C)COC(=O)CCCCCCC/C=C/C=C/CCCCCCCCC. The summed E-state index contributed by atoms with van der Waals surface area (Å²) in [6.07, 6.45) is 47.2. The first-order chi connectivity index (χ1) is 27.6. The molecule has 1 N–H and O–H groups in total. The van der Waals surface area contributed by atoms with Crippen LogP contribution in [0, 0.1) is 0 Å². The lowest BCUT2D eigenvalue weighted by Crippen LogP contribution is -2.50. The molecular formula is C49H88NO7+. The molecule has 0 saturated carbocycles. The molecule has 0 aromatic heterocycles. The number of carbonyl (C=O) groups excluding carboxylic acids is 2. The second-order valence-electron chi connectivity index (χ2n) is 16.7. The largest absolute Gasteiger partial charge is 0.477 e. The van der Waals surface area contributed by atoms with Gasteiger partial charge in [0.2, 0.25) is 0 Å². The van der Waals surface area contributed by atoms with Crippen LogP contribution in [0.2, 0.25) is 0 Å². The number of carboxylic acids is 1. The van der Waals surface area contributed by atoms with Gasteiger partial charge in [0.25, 0.3) is 0 Å². The Balaban J connectivity index is 4.36. The summed E-state index contributed by atoms with van der Waals surface area (Å²) in [5.74, 6) is -1.50. The molecule has 0 fully saturated rings. The van der Waals surface area contributed by atoms with Crippen LogP contribution in [0.4, 0.5) is 0 Å². The van der Waals surface area contributed by atoms with E-state index in [1.165, 1.54) is 83.5 Å². The predicted molar refractivity (Wildman–Crippen MR) is 238 cm³/mol. The third-order valence-corrected chi connectivity index (χ3v) is 10.3. The van der Waals surface area contributed by atoms with Crippen molar-refractivity contribution < 1.29 is 38.2 Å². The number of rotatable bonds is 41. The molecule has 0 aliphatic carbocycles. The summed E-state index contributed by atoms with van der Waals surface area (Å²) in [6, 6.07) is -0.620. The van der Waals surface area contributed by atoms with Gasteiger partial charge >= 0.3 is 17.9 Å². The van der Waals surface area contributed by atoms with Crippen molar-refractivity contribution in [2.75, 3.05) is 41.0 Å². The number of hydrogen-bond acceptors (Lipinski definition) is 6. The third kappa shape index (κ3) is 38.6. The minimum Gasteiger partial charge on any atom is -0.477 e. The first-order valence-electron chi connectivity index (χ1n) is 23.2. The number of ether oxygens (including phenoxy) is 3. The first kappa shape index (κ1) is 54.3. The number of allylic oxidation sites excluding steroid dienone is 8. The highest BCUT2D eigenvalue weighted by Gasteiger charge is 2.31. The summed E-state index contributed by atoms with van der Waals surface area (Å²) < 4.78 is 17.3. The summed E-state index contributed by atoms with van der Waals surface area (Å²) in [5, 5.41) is 9.62. The van der Waals surface area contributed by atoms with Crippen molar-refractivity contribution >= 4 is 17.9 Å². The van der Waals surface area contributed by atoms with E-state index in [9.17, 15) is 19.5 Å². The molecule has 330 valence electrons. The van der Waals surface area contributed by atoms with Crippen molar-refractivity contribution in [1.82, 2.24) is 0 Å². The van der Waals surface area contributed by atoms with Gasteiger partial charge in [0.05, 0.1) is 34.4 Å². The summed E-state index contributed by atoms with van der Waals surface area (Å²) in [6.45, 7) is 4.68. The van der Waals surface area contributed by atoms with E-state index in [0.29, 0.717) is 19.3 Å². The van der Waals surface area contributed by atoms with Crippen LogP contribution < -0.4 is 0 Å². The van der Waals surface area contributed by atoms with E-state index in [2.05, 4.69) is 62.5 Å². The maximum atomic E-state index is 12.7. The number of quaternary nitrogens is 1. The molecule has 2 unspecified atom stereocenters. The molecule has 0 aliphatic heterocycles. The number of esters is 2. The second-order valence-corrected chi connectivity index (χ2v) is 16.7. The number of nitrogens with zero attached hydrogens (tertiary/aromatic N) is 1. The molecule has 2 atom stereocenters. The van der Waals surface area contributed by atoms with Crippen molar-refractivity contribution in [2.24, 2.45) is 0 Å². The zero-order valence-corrected chi connectivity index (χ0v) is 37.5. The lowest BCUT2D eigenvalue weighted by molar-refractivity contribution is -0.887. The molecule has 0 aliphatic rings. The van der Waals surface area contributed by atoms with Crippen LogP contribution in [0.5, 0.6) is 0 Å². The lowest BCUT2D eigenvalue weighted by Gasteiger charge is -2.31. The highest BCUT2D eigenvalue weighted by atomic mass is 16.6. The van der Waals surface area contributed by atoms with Crippen LogP contribution in [0.15, 0.2) is 48.6 Å². The highest BCUT2D eigenvalue weighted by Crippen LogP contribution is 2.14. The Hall–Kier alpha value is -2.71. The van der Waals surface area contributed by atoms with E-state index in [0.717, 1.165) is 77.0 Å². The monoisotopic (exact) mass is 803 g/mol. The topological polar surface area (TPSA) is 99.1 Å². The molecule has 0 radical (unpaired) electrons.